The minimum absolute atomic E-state index is 0.122. The van der Waals surface area contributed by atoms with Crippen LogP contribution in [0, 0.1) is 0 Å². The van der Waals surface area contributed by atoms with E-state index in [0.717, 1.165) is 5.56 Å². The third-order valence-corrected chi connectivity index (χ3v) is 4.29. The Bertz CT molecular complexity index is 1040. The monoisotopic (exact) mass is 388 g/mol. The van der Waals surface area contributed by atoms with Gasteiger partial charge in [0.25, 0.3) is 0 Å². The van der Waals surface area contributed by atoms with Crippen molar-refractivity contribution in [3.8, 4) is 0 Å². The molecule has 1 heterocycles. The second kappa shape index (κ2) is 8.09. The molecule has 0 fully saturated rings. The molecule has 2 aromatic carbocycles. The number of fused-ring (bicyclic) bond motifs is 1. The molecule has 3 aromatic rings. The molecule has 0 saturated heterocycles. The van der Waals surface area contributed by atoms with Gasteiger partial charge in [0.15, 0.2) is 5.58 Å². The summed E-state index contributed by atoms with van der Waals surface area (Å²) in [6, 6.07) is 11.7. The molecule has 27 heavy (non-hydrogen) atoms. The van der Waals surface area contributed by atoms with E-state index in [9.17, 15) is 14.4 Å². The zero-order valence-corrected chi connectivity index (χ0v) is 15.3. The number of halogens is 1. The Kier molecular flexibility index (Phi) is 5.61. The number of hydrogen-bond acceptors (Lipinski definition) is 5. The van der Waals surface area contributed by atoms with Crippen molar-refractivity contribution in [3.63, 3.8) is 0 Å². The Morgan fingerprint density at radius 1 is 1.19 bits per heavy atom. The van der Waals surface area contributed by atoms with E-state index in [1.54, 1.807) is 42.5 Å². The van der Waals surface area contributed by atoms with E-state index in [0.29, 0.717) is 28.2 Å². The van der Waals surface area contributed by atoms with E-state index in [4.69, 9.17) is 16.0 Å². The summed E-state index contributed by atoms with van der Waals surface area (Å²) in [5.74, 6) is -1.15. The van der Waals surface area contributed by atoms with Gasteiger partial charge in [0.1, 0.15) is 0 Å². The van der Waals surface area contributed by atoms with E-state index in [1.807, 2.05) is 0 Å². The molecule has 0 aliphatic rings. The molecule has 8 heteroatoms. The summed E-state index contributed by atoms with van der Waals surface area (Å²) < 4.78 is 11.2. The predicted octanol–water partition coefficient (Wildman–Crippen LogP) is 2.74. The van der Waals surface area contributed by atoms with Crippen LogP contribution in [0.3, 0.4) is 0 Å². The first kappa shape index (κ1) is 18.7. The van der Waals surface area contributed by atoms with Crippen LogP contribution < -0.4 is 11.1 Å². The van der Waals surface area contributed by atoms with Crippen molar-refractivity contribution >= 4 is 34.6 Å². The highest BCUT2D eigenvalue weighted by Crippen LogP contribution is 2.18. The number of aromatic nitrogens is 1. The molecule has 0 atom stereocenters. The molecule has 1 amide bonds. The summed E-state index contributed by atoms with van der Waals surface area (Å²) in [7, 11) is 1.32. The van der Waals surface area contributed by atoms with Gasteiger partial charge < -0.3 is 14.5 Å². The van der Waals surface area contributed by atoms with Crippen molar-refractivity contribution in [2.75, 3.05) is 7.11 Å². The van der Waals surface area contributed by atoms with Crippen molar-refractivity contribution in [3.05, 3.63) is 69.2 Å². The number of esters is 1. The number of hydrogen-bond donors (Lipinski definition) is 1. The molecular weight excluding hydrogens is 372 g/mol. The molecule has 1 N–H and O–H groups in total. The number of nitrogens with one attached hydrogen (secondary N) is 1. The number of ether oxygens (including phenoxy) is 1. The van der Waals surface area contributed by atoms with Gasteiger partial charge >= 0.3 is 11.7 Å². The maximum absolute atomic E-state index is 12.1. The Morgan fingerprint density at radius 3 is 2.63 bits per heavy atom. The van der Waals surface area contributed by atoms with Gasteiger partial charge in [0.2, 0.25) is 5.91 Å². The highest BCUT2D eigenvalue weighted by atomic mass is 35.5. The topological polar surface area (TPSA) is 90.5 Å². The van der Waals surface area contributed by atoms with Gasteiger partial charge in [-0.25, -0.2) is 9.59 Å². The van der Waals surface area contributed by atoms with Crippen molar-refractivity contribution in [1.82, 2.24) is 9.88 Å². The number of methoxy groups -OCH3 is 1. The second-order valence-electron chi connectivity index (χ2n) is 5.85. The minimum atomic E-state index is -0.529. The van der Waals surface area contributed by atoms with Gasteiger partial charge in [0.05, 0.1) is 18.2 Å². The van der Waals surface area contributed by atoms with E-state index >= 15 is 0 Å². The Balaban J connectivity index is 1.57. The van der Waals surface area contributed by atoms with Crippen molar-refractivity contribution in [2.45, 2.75) is 19.5 Å². The zero-order chi connectivity index (χ0) is 19.4. The lowest BCUT2D eigenvalue weighted by Crippen LogP contribution is -2.25. The molecule has 0 aliphatic carbocycles. The molecule has 0 aliphatic heterocycles. The van der Waals surface area contributed by atoms with Crippen LogP contribution in [0.15, 0.2) is 51.7 Å². The number of carbonyl (C=O) groups excluding carboxylic acids is 2. The van der Waals surface area contributed by atoms with Crippen molar-refractivity contribution < 1.29 is 18.7 Å². The summed E-state index contributed by atoms with van der Waals surface area (Å²) in [5, 5.41) is 3.25. The Morgan fingerprint density at radius 2 is 1.93 bits per heavy atom. The third-order valence-electron chi connectivity index (χ3n) is 4.06. The fourth-order valence-corrected chi connectivity index (χ4v) is 2.79. The molecule has 0 radical (unpaired) electrons. The molecule has 0 bridgehead atoms. The first-order chi connectivity index (χ1) is 13.0. The number of benzene rings is 2. The minimum Gasteiger partial charge on any atom is -0.465 e. The molecular formula is C19H17ClN2O5. The van der Waals surface area contributed by atoms with E-state index in [-0.39, 0.29) is 18.9 Å². The normalized spacial score (nSPS) is 10.7. The van der Waals surface area contributed by atoms with Gasteiger partial charge in [-0.1, -0.05) is 23.7 Å². The maximum Gasteiger partial charge on any atom is 0.419 e. The first-order valence-electron chi connectivity index (χ1n) is 8.21. The fraction of sp³-hybridized carbons (Fsp3) is 0.211. The smallest absolute Gasteiger partial charge is 0.419 e. The van der Waals surface area contributed by atoms with Gasteiger partial charge in [-0.15, -0.1) is 0 Å². The largest absolute Gasteiger partial charge is 0.465 e. The standard InChI is InChI=1S/C19H17ClN2O5/c1-26-18(24)13-4-2-12(3-5-13)11-21-17(23)8-9-22-15-7-6-14(20)10-16(15)27-19(22)25/h2-7,10H,8-9,11H2,1H3,(H,21,23). The molecule has 1 aromatic heterocycles. The van der Waals surface area contributed by atoms with Gasteiger partial charge in [0, 0.05) is 30.6 Å². The Labute approximate surface area is 159 Å². The first-order valence-corrected chi connectivity index (χ1v) is 8.58. The van der Waals surface area contributed by atoms with Crippen LogP contribution in [0.25, 0.3) is 11.1 Å². The van der Waals surface area contributed by atoms with Crippen LogP contribution in [0.5, 0.6) is 0 Å². The van der Waals surface area contributed by atoms with Crippen LogP contribution in [0.4, 0.5) is 0 Å². The van der Waals surface area contributed by atoms with Crippen LogP contribution in [-0.2, 0) is 22.6 Å². The average molecular weight is 389 g/mol. The molecule has 7 nitrogen and oxygen atoms in total. The number of nitrogens with zero attached hydrogens (tertiary/aromatic N) is 1. The Hall–Kier alpha value is -3.06. The maximum atomic E-state index is 12.1. The van der Waals surface area contributed by atoms with Gasteiger partial charge in [-0.3, -0.25) is 9.36 Å². The summed E-state index contributed by atoms with van der Waals surface area (Å²) in [4.78, 5) is 35.4. The van der Waals surface area contributed by atoms with E-state index in [1.165, 1.54) is 11.7 Å². The summed E-state index contributed by atoms with van der Waals surface area (Å²) in [5.41, 5.74) is 2.27. The van der Waals surface area contributed by atoms with E-state index < -0.39 is 11.7 Å². The van der Waals surface area contributed by atoms with E-state index in [2.05, 4.69) is 10.1 Å². The van der Waals surface area contributed by atoms with Crippen molar-refractivity contribution in [2.24, 2.45) is 0 Å². The quantitative estimate of drug-likeness (QED) is 0.656. The second-order valence-corrected chi connectivity index (χ2v) is 6.28. The summed E-state index contributed by atoms with van der Waals surface area (Å²) >= 11 is 5.88. The lowest BCUT2D eigenvalue weighted by atomic mass is 10.1. The predicted molar refractivity (Wildman–Crippen MR) is 99.7 cm³/mol. The number of carbonyl (C=O) groups is 2. The lowest BCUT2D eigenvalue weighted by molar-refractivity contribution is -0.121. The van der Waals surface area contributed by atoms with Crippen LogP contribution >= 0.6 is 11.6 Å². The lowest BCUT2D eigenvalue weighted by Gasteiger charge is -2.07. The van der Waals surface area contributed by atoms with Gasteiger partial charge in [-0.2, -0.15) is 0 Å². The van der Waals surface area contributed by atoms with Gasteiger partial charge in [-0.05, 0) is 29.8 Å². The number of rotatable bonds is 6. The highest BCUT2D eigenvalue weighted by Gasteiger charge is 2.11. The van der Waals surface area contributed by atoms with Crippen LogP contribution in [-0.4, -0.2) is 23.6 Å². The van der Waals surface area contributed by atoms with Crippen molar-refractivity contribution in [1.29, 1.82) is 0 Å². The highest BCUT2D eigenvalue weighted by molar-refractivity contribution is 6.31. The zero-order valence-electron chi connectivity index (χ0n) is 14.5. The number of aryl methyl sites for hydroxylation is 1. The third kappa shape index (κ3) is 4.38. The van der Waals surface area contributed by atoms with Crippen LogP contribution in [0.1, 0.15) is 22.3 Å². The fourth-order valence-electron chi connectivity index (χ4n) is 2.63. The van der Waals surface area contributed by atoms with Crippen LogP contribution in [0.2, 0.25) is 5.02 Å². The average Bonchev–Trinajstić information content (AvgIpc) is 2.98. The molecule has 140 valence electrons. The molecule has 0 saturated carbocycles. The number of oxazole rings is 1. The summed E-state index contributed by atoms with van der Waals surface area (Å²) in [6.45, 7) is 0.511. The molecule has 0 unspecified atom stereocenters. The molecule has 0 spiro atoms. The number of amides is 1. The SMILES string of the molecule is COC(=O)c1ccc(CNC(=O)CCn2c(=O)oc3cc(Cl)ccc32)cc1. The molecule has 3 rings (SSSR count). The summed E-state index contributed by atoms with van der Waals surface area (Å²) in [6.07, 6.45) is 0.122.